The predicted octanol–water partition coefficient (Wildman–Crippen LogP) is 1.46. The van der Waals surface area contributed by atoms with Gasteiger partial charge in [-0.25, -0.2) is 8.42 Å². The van der Waals surface area contributed by atoms with Crippen LogP contribution in [0.3, 0.4) is 0 Å². The van der Waals surface area contributed by atoms with Crippen molar-refractivity contribution in [3.05, 3.63) is 12.1 Å². The highest BCUT2D eigenvalue weighted by atomic mass is 32.2. The molecule has 0 spiro atoms. The summed E-state index contributed by atoms with van der Waals surface area (Å²) in [7, 11) is -0.658. The molecule has 0 radical (unpaired) electrons. The fourth-order valence-corrected chi connectivity index (χ4v) is 5.31. The van der Waals surface area contributed by atoms with Crippen molar-refractivity contribution >= 4 is 15.7 Å². The van der Waals surface area contributed by atoms with E-state index < -0.39 is 10.0 Å². The van der Waals surface area contributed by atoms with Crippen LogP contribution in [0.4, 0.5) is 5.69 Å². The van der Waals surface area contributed by atoms with Gasteiger partial charge in [-0.15, -0.1) is 0 Å². The van der Waals surface area contributed by atoms with Crippen LogP contribution >= 0.6 is 0 Å². The van der Waals surface area contributed by atoms with E-state index in [1.54, 1.807) is 4.31 Å². The van der Waals surface area contributed by atoms with Crippen molar-refractivity contribution in [2.24, 2.45) is 5.92 Å². The highest BCUT2D eigenvalue weighted by molar-refractivity contribution is 7.89. The van der Waals surface area contributed by atoms with Crippen molar-refractivity contribution in [3.63, 3.8) is 0 Å². The zero-order valence-electron chi connectivity index (χ0n) is 12.2. The van der Waals surface area contributed by atoms with Crippen molar-refractivity contribution in [2.45, 2.75) is 30.2 Å². The first-order valence-corrected chi connectivity index (χ1v) is 8.44. The van der Waals surface area contributed by atoms with Crippen molar-refractivity contribution in [1.82, 2.24) is 4.31 Å². The highest BCUT2D eigenvalue weighted by Crippen LogP contribution is 2.43. The largest absolute Gasteiger partial charge is 0.495 e. The van der Waals surface area contributed by atoms with Gasteiger partial charge in [0.25, 0.3) is 0 Å². The lowest BCUT2D eigenvalue weighted by atomic mass is 10.1. The molecular formula is C14H20N2O4S. The van der Waals surface area contributed by atoms with Gasteiger partial charge in [0.05, 0.1) is 19.9 Å². The van der Waals surface area contributed by atoms with Crippen LogP contribution < -0.4 is 15.2 Å². The molecule has 1 heterocycles. The standard InChI is InChI=1S/C14H20N2O4S/c1-19-12-7-13(20-2)14(6-11(12)15)21(17,18)16-8-9-3-4-10(16)5-9/h6-7,9-10H,3-5,8,15H2,1-2H3. The molecule has 2 unspecified atom stereocenters. The smallest absolute Gasteiger partial charge is 0.247 e. The number of benzene rings is 1. The van der Waals surface area contributed by atoms with Gasteiger partial charge in [0.1, 0.15) is 16.4 Å². The van der Waals surface area contributed by atoms with E-state index in [0.717, 1.165) is 19.3 Å². The van der Waals surface area contributed by atoms with E-state index in [2.05, 4.69) is 0 Å². The Hall–Kier alpha value is -1.47. The number of nitrogens with zero attached hydrogens (tertiary/aromatic N) is 1. The molecule has 6 nitrogen and oxygen atoms in total. The van der Waals surface area contributed by atoms with Crippen molar-refractivity contribution in [1.29, 1.82) is 0 Å². The number of nitrogen functional groups attached to an aromatic ring is 1. The zero-order chi connectivity index (χ0) is 15.2. The van der Waals surface area contributed by atoms with Gasteiger partial charge in [0, 0.05) is 18.7 Å². The summed E-state index contributed by atoms with van der Waals surface area (Å²) in [6, 6.07) is 3.07. The number of anilines is 1. The van der Waals surface area contributed by atoms with Gasteiger partial charge >= 0.3 is 0 Å². The second kappa shape index (κ2) is 5.06. The molecule has 2 aliphatic rings. The minimum atomic E-state index is -3.59. The van der Waals surface area contributed by atoms with E-state index >= 15 is 0 Å². The number of hydrogen-bond acceptors (Lipinski definition) is 5. The predicted molar refractivity (Wildman–Crippen MR) is 79.0 cm³/mol. The second-order valence-electron chi connectivity index (χ2n) is 5.65. The average molecular weight is 312 g/mol. The first-order valence-electron chi connectivity index (χ1n) is 7.00. The number of sulfonamides is 1. The summed E-state index contributed by atoms with van der Waals surface area (Å²) in [6.45, 7) is 0.599. The Kier molecular flexibility index (Phi) is 3.49. The Morgan fingerprint density at radius 3 is 2.43 bits per heavy atom. The summed E-state index contributed by atoms with van der Waals surface area (Å²) in [6.07, 6.45) is 3.03. The van der Waals surface area contributed by atoms with Crippen molar-refractivity contribution in [2.75, 3.05) is 26.5 Å². The van der Waals surface area contributed by atoms with Gasteiger partial charge in [-0.3, -0.25) is 0 Å². The Morgan fingerprint density at radius 2 is 1.90 bits per heavy atom. The monoisotopic (exact) mass is 312 g/mol. The number of nitrogens with two attached hydrogens (primary N) is 1. The summed E-state index contributed by atoms with van der Waals surface area (Å²) in [4.78, 5) is 0.121. The molecular weight excluding hydrogens is 292 g/mol. The van der Waals surface area contributed by atoms with E-state index in [1.807, 2.05) is 0 Å². The van der Waals surface area contributed by atoms with Crippen LogP contribution in [-0.4, -0.2) is 39.5 Å². The third-order valence-corrected chi connectivity index (χ3v) is 6.40. The quantitative estimate of drug-likeness (QED) is 0.851. The maximum Gasteiger partial charge on any atom is 0.247 e. The van der Waals surface area contributed by atoms with E-state index in [1.165, 1.54) is 26.4 Å². The summed E-state index contributed by atoms with van der Waals surface area (Å²) in [5, 5.41) is 0. The average Bonchev–Trinajstić information content (AvgIpc) is 3.10. The minimum Gasteiger partial charge on any atom is -0.495 e. The zero-order valence-corrected chi connectivity index (χ0v) is 13.0. The van der Waals surface area contributed by atoms with Crippen LogP contribution in [0.1, 0.15) is 19.3 Å². The number of ether oxygens (including phenoxy) is 2. The summed E-state index contributed by atoms with van der Waals surface area (Å²) >= 11 is 0. The van der Waals surface area contributed by atoms with E-state index in [4.69, 9.17) is 15.2 Å². The van der Waals surface area contributed by atoms with Crippen LogP contribution in [0.25, 0.3) is 0 Å². The molecule has 1 aliphatic heterocycles. The first kappa shape index (κ1) is 14.5. The molecule has 1 saturated carbocycles. The first-order chi connectivity index (χ1) is 9.97. The van der Waals surface area contributed by atoms with E-state index in [0.29, 0.717) is 23.9 Å². The number of piperidine rings is 1. The van der Waals surface area contributed by atoms with Gasteiger partial charge in [-0.1, -0.05) is 0 Å². The molecule has 2 atom stereocenters. The summed E-state index contributed by atoms with van der Waals surface area (Å²) in [5.41, 5.74) is 6.16. The molecule has 0 aromatic heterocycles. The number of methoxy groups -OCH3 is 2. The van der Waals surface area contributed by atoms with E-state index in [9.17, 15) is 8.42 Å². The summed E-state index contributed by atoms with van der Waals surface area (Å²) in [5.74, 6) is 1.17. The third-order valence-electron chi connectivity index (χ3n) is 4.46. The normalized spacial score (nSPS) is 25.2. The molecule has 3 rings (SSSR count). The lowest BCUT2D eigenvalue weighted by Crippen LogP contribution is -2.37. The minimum absolute atomic E-state index is 0.119. The molecule has 2 N–H and O–H groups in total. The lowest BCUT2D eigenvalue weighted by Gasteiger charge is -2.27. The third kappa shape index (κ3) is 2.24. The molecule has 1 saturated heterocycles. The molecule has 1 aromatic carbocycles. The molecule has 21 heavy (non-hydrogen) atoms. The second-order valence-corrected chi connectivity index (χ2v) is 7.51. The fraction of sp³-hybridized carbons (Fsp3) is 0.571. The topological polar surface area (TPSA) is 81.9 Å². The van der Waals surface area contributed by atoms with Crippen molar-refractivity contribution in [3.8, 4) is 11.5 Å². The Morgan fingerprint density at radius 1 is 1.19 bits per heavy atom. The van der Waals surface area contributed by atoms with Crippen LogP contribution in [0.5, 0.6) is 11.5 Å². The van der Waals surface area contributed by atoms with Crippen LogP contribution in [0.15, 0.2) is 17.0 Å². The molecule has 2 bridgehead atoms. The van der Waals surface area contributed by atoms with Gasteiger partial charge in [-0.2, -0.15) is 4.31 Å². The lowest BCUT2D eigenvalue weighted by molar-refractivity contribution is 0.330. The molecule has 1 aliphatic carbocycles. The van der Waals surface area contributed by atoms with Crippen LogP contribution in [0, 0.1) is 5.92 Å². The van der Waals surface area contributed by atoms with Gasteiger partial charge < -0.3 is 15.2 Å². The summed E-state index contributed by atoms with van der Waals surface area (Å²) < 4.78 is 37.8. The van der Waals surface area contributed by atoms with Gasteiger partial charge in [0.15, 0.2) is 0 Å². The number of hydrogen-bond donors (Lipinski definition) is 1. The Balaban J connectivity index is 2.04. The number of fused-ring (bicyclic) bond motifs is 2. The van der Waals surface area contributed by atoms with Gasteiger partial charge in [-0.05, 0) is 31.2 Å². The Bertz CT molecular complexity index is 659. The molecule has 0 amide bonds. The van der Waals surface area contributed by atoms with E-state index in [-0.39, 0.29) is 16.7 Å². The van der Waals surface area contributed by atoms with Crippen molar-refractivity contribution < 1.29 is 17.9 Å². The maximum atomic E-state index is 12.9. The molecule has 2 fully saturated rings. The van der Waals surface area contributed by atoms with Gasteiger partial charge in [0.2, 0.25) is 10.0 Å². The SMILES string of the molecule is COc1cc(OC)c(S(=O)(=O)N2CC3CCC2C3)cc1N. The Labute approximate surface area is 124 Å². The number of rotatable bonds is 4. The highest BCUT2D eigenvalue weighted by Gasteiger charge is 2.45. The molecule has 116 valence electrons. The molecule has 1 aromatic rings. The fourth-order valence-electron chi connectivity index (χ4n) is 3.40. The molecule has 7 heteroatoms. The van der Waals surface area contributed by atoms with Crippen LogP contribution in [0.2, 0.25) is 0 Å². The maximum absolute atomic E-state index is 12.9. The van der Waals surface area contributed by atoms with Crippen LogP contribution in [-0.2, 0) is 10.0 Å².